The highest BCUT2D eigenvalue weighted by Crippen LogP contribution is 2.34. The molecule has 0 radical (unpaired) electrons. The van der Waals surface area contributed by atoms with E-state index in [0.717, 1.165) is 40.9 Å². The van der Waals surface area contributed by atoms with Crippen molar-refractivity contribution in [2.24, 2.45) is 5.73 Å². The number of hydrogen-bond acceptors (Lipinski definition) is 3. The molecule has 0 bridgehead atoms. The maximum Gasteiger partial charge on any atom is 0.224 e. The van der Waals surface area contributed by atoms with Gasteiger partial charge < -0.3 is 15.7 Å². The van der Waals surface area contributed by atoms with E-state index in [4.69, 9.17) is 17.3 Å². The van der Waals surface area contributed by atoms with Crippen LogP contribution in [0.25, 0.3) is 16.9 Å². The zero-order valence-electron chi connectivity index (χ0n) is 23.6. The molecule has 0 unspecified atom stereocenters. The highest BCUT2D eigenvalue weighted by molar-refractivity contribution is 6.31. The highest BCUT2D eigenvalue weighted by Gasteiger charge is 2.26. The molecule has 0 saturated carbocycles. The van der Waals surface area contributed by atoms with Crippen LogP contribution in [0.1, 0.15) is 72.4 Å². The third-order valence-corrected chi connectivity index (χ3v) is 5.48. The number of aliphatic hydroxyl groups excluding tert-OH is 1. The summed E-state index contributed by atoms with van der Waals surface area (Å²) < 4.78 is 0. The Morgan fingerprint density at radius 1 is 1.11 bits per heavy atom. The Labute approximate surface area is 229 Å². The van der Waals surface area contributed by atoms with Crippen molar-refractivity contribution >= 4 is 29.0 Å². The molecule has 0 saturated heterocycles. The molecule has 1 amide bonds. The lowest BCUT2D eigenvalue weighted by atomic mass is 9.93. The topological polar surface area (TPSA) is 66.6 Å². The molecular weight excluding hydrogens is 480 g/mol. The molecule has 2 aromatic carbocycles. The standard InChI is InChI=1S/C20H21NO2.C7H10ClN.C3H8.C2H6/c1-13-4-5-19-12-18(10-11-20(19)21(13)15(3)23)17-8-6-16(7-9-17)14(2)22;1-3-7(8)5-4-6(2)9;1-3-2;1-2/h6-13,22H,2,4-5H2,1,3H3;3-5H,1,9H2,2H3;3H2,1-2H3;1-2H3/b;6-4+,7-5+;;/t13-;;;/m0.../s1. The molecule has 37 heavy (non-hydrogen) atoms. The minimum atomic E-state index is 0.0769. The van der Waals surface area contributed by atoms with E-state index in [-0.39, 0.29) is 17.7 Å². The Morgan fingerprint density at radius 3 is 2.11 bits per heavy atom. The smallest absolute Gasteiger partial charge is 0.224 e. The number of nitrogens with two attached hydrogens (primary N) is 1. The minimum absolute atomic E-state index is 0.0769. The summed E-state index contributed by atoms with van der Waals surface area (Å²) in [7, 11) is 0. The summed E-state index contributed by atoms with van der Waals surface area (Å²) in [5.41, 5.74) is 11.2. The quantitative estimate of drug-likeness (QED) is 0.309. The van der Waals surface area contributed by atoms with Gasteiger partial charge in [0.2, 0.25) is 5.91 Å². The van der Waals surface area contributed by atoms with Crippen LogP contribution < -0.4 is 10.6 Å². The first-order valence-corrected chi connectivity index (χ1v) is 13.3. The van der Waals surface area contributed by atoms with E-state index in [1.54, 1.807) is 32.1 Å². The molecular formula is C32H45ClN2O2. The first kappa shape index (κ1) is 33.8. The second-order valence-corrected chi connectivity index (χ2v) is 8.95. The summed E-state index contributed by atoms with van der Waals surface area (Å²) in [6, 6.07) is 14.2. The maximum atomic E-state index is 11.9. The van der Waals surface area contributed by atoms with Crippen molar-refractivity contribution in [1.82, 2.24) is 0 Å². The predicted octanol–water partition coefficient (Wildman–Crippen LogP) is 9.17. The Kier molecular flexibility index (Phi) is 16.5. The minimum Gasteiger partial charge on any atom is -0.508 e. The van der Waals surface area contributed by atoms with Crippen molar-refractivity contribution < 1.29 is 9.90 Å². The zero-order valence-corrected chi connectivity index (χ0v) is 24.4. The van der Waals surface area contributed by atoms with E-state index < -0.39 is 0 Å². The number of hydrogen-bond donors (Lipinski definition) is 2. The largest absolute Gasteiger partial charge is 0.508 e. The molecule has 3 rings (SSSR count). The van der Waals surface area contributed by atoms with Gasteiger partial charge in [-0.25, -0.2) is 0 Å². The fourth-order valence-electron chi connectivity index (χ4n) is 3.55. The summed E-state index contributed by atoms with van der Waals surface area (Å²) in [4.78, 5) is 13.8. The summed E-state index contributed by atoms with van der Waals surface area (Å²) in [5, 5.41) is 10.0. The van der Waals surface area contributed by atoms with Crippen molar-refractivity contribution in [3.05, 3.63) is 95.7 Å². The zero-order chi connectivity index (χ0) is 28.5. The molecule has 5 heteroatoms. The van der Waals surface area contributed by atoms with Crippen LogP contribution in [0, 0.1) is 0 Å². The van der Waals surface area contributed by atoms with E-state index in [1.807, 2.05) is 49.1 Å². The number of nitrogens with zero attached hydrogens (tertiary/aromatic N) is 1. The van der Waals surface area contributed by atoms with Gasteiger partial charge in [0, 0.05) is 34.9 Å². The fourth-order valence-corrected chi connectivity index (χ4v) is 3.61. The summed E-state index contributed by atoms with van der Waals surface area (Å²) in [6.45, 7) is 20.8. The van der Waals surface area contributed by atoms with Crippen molar-refractivity contribution in [3.8, 4) is 11.1 Å². The molecule has 0 fully saturated rings. The van der Waals surface area contributed by atoms with Crippen LogP contribution in [0.3, 0.4) is 0 Å². The first-order chi connectivity index (χ1) is 17.5. The maximum absolute atomic E-state index is 11.9. The number of fused-ring (bicyclic) bond motifs is 1. The van der Waals surface area contributed by atoms with Crippen molar-refractivity contribution in [2.45, 2.75) is 73.8 Å². The van der Waals surface area contributed by atoms with Crippen LogP contribution in [0.2, 0.25) is 0 Å². The Balaban J connectivity index is 0.000000777. The van der Waals surface area contributed by atoms with Crippen molar-refractivity contribution in [2.75, 3.05) is 4.90 Å². The number of aliphatic hydroxyl groups is 1. The molecule has 1 heterocycles. The molecule has 202 valence electrons. The van der Waals surface area contributed by atoms with Gasteiger partial charge in [-0.2, -0.15) is 0 Å². The third-order valence-electron chi connectivity index (χ3n) is 5.20. The lowest BCUT2D eigenvalue weighted by Crippen LogP contribution is -2.40. The van der Waals surface area contributed by atoms with E-state index in [1.165, 1.54) is 12.0 Å². The van der Waals surface area contributed by atoms with E-state index in [2.05, 4.69) is 46.1 Å². The van der Waals surface area contributed by atoms with Gasteiger partial charge in [0.05, 0.1) is 0 Å². The summed E-state index contributed by atoms with van der Waals surface area (Å²) >= 11 is 5.55. The third kappa shape index (κ3) is 11.6. The second kappa shape index (κ2) is 18.1. The number of carbonyl (C=O) groups excluding carboxylic acids is 1. The van der Waals surface area contributed by atoms with Gasteiger partial charge in [0.25, 0.3) is 0 Å². The van der Waals surface area contributed by atoms with E-state index >= 15 is 0 Å². The SMILES string of the molecule is C=C(O)c1ccc(-c2ccc3c(c2)CC[C@H](C)N3C(C)=O)cc1.C=C/C(Cl)=C\C=C(/C)N.CC.CCC. The Hall–Kier alpha value is -3.24. The van der Waals surface area contributed by atoms with Crippen LogP contribution in [-0.2, 0) is 11.2 Å². The number of aryl methyl sites for hydroxylation is 1. The van der Waals surface area contributed by atoms with E-state index in [0.29, 0.717) is 5.03 Å². The van der Waals surface area contributed by atoms with Crippen LogP contribution in [0.5, 0.6) is 0 Å². The van der Waals surface area contributed by atoms with Crippen LogP contribution in [0.15, 0.2) is 84.6 Å². The Morgan fingerprint density at radius 2 is 1.65 bits per heavy atom. The number of anilines is 1. The molecule has 1 aliphatic heterocycles. The Bertz CT molecular complexity index is 1060. The van der Waals surface area contributed by atoms with Gasteiger partial charge in [-0.3, -0.25) is 4.79 Å². The monoisotopic (exact) mass is 524 g/mol. The number of benzene rings is 2. The van der Waals surface area contributed by atoms with Crippen molar-refractivity contribution in [1.29, 1.82) is 0 Å². The predicted molar refractivity (Wildman–Crippen MR) is 164 cm³/mol. The number of carbonyl (C=O) groups is 1. The van der Waals surface area contributed by atoms with E-state index in [9.17, 15) is 9.90 Å². The van der Waals surface area contributed by atoms with Crippen LogP contribution in [0.4, 0.5) is 5.69 Å². The second-order valence-electron chi connectivity index (χ2n) is 8.52. The van der Waals surface area contributed by atoms with Gasteiger partial charge in [-0.05, 0) is 67.7 Å². The molecule has 1 atom stereocenters. The van der Waals surface area contributed by atoms with Crippen LogP contribution in [-0.4, -0.2) is 17.1 Å². The lowest BCUT2D eigenvalue weighted by molar-refractivity contribution is -0.117. The van der Waals surface area contributed by atoms with Crippen molar-refractivity contribution in [3.63, 3.8) is 0 Å². The number of rotatable bonds is 4. The molecule has 0 aliphatic carbocycles. The normalized spacial score (nSPS) is 14.4. The fraction of sp³-hybridized carbons (Fsp3) is 0.344. The number of allylic oxidation sites excluding steroid dienone is 5. The van der Waals surface area contributed by atoms with Gasteiger partial charge in [0.1, 0.15) is 5.76 Å². The summed E-state index contributed by atoms with van der Waals surface area (Å²) in [6.07, 6.45) is 8.20. The molecule has 3 N–H and O–H groups in total. The van der Waals surface area contributed by atoms with Gasteiger partial charge in [-0.1, -0.05) is 95.3 Å². The average Bonchev–Trinajstić information content (AvgIpc) is 2.88. The number of amides is 1. The molecule has 1 aliphatic rings. The molecule has 2 aromatic rings. The molecule has 0 aromatic heterocycles. The van der Waals surface area contributed by atoms with Gasteiger partial charge in [-0.15, -0.1) is 0 Å². The van der Waals surface area contributed by atoms with Gasteiger partial charge in [0.15, 0.2) is 0 Å². The number of halogens is 1. The lowest BCUT2D eigenvalue weighted by Gasteiger charge is -2.34. The molecule has 0 spiro atoms. The van der Waals surface area contributed by atoms with Crippen LogP contribution >= 0.6 is 11.6 Å². The summed E-state index contributed by atoms with van der Waals surface area (Å²) in [5.74, 6) is 0.171. The van der Waals surface area contributed by atoms with Gasteiger partial charge >= 0.3 is 0 Å². The molecule has 4 nitrogen and oxygen atoms in total. The first-order valence-electron chi connectivity index (χ1n) is 12.9. The highest BCUT2D eigenvalue weighted by atomic mass is 35.5. The average molecular weight is 525 g/mol.